The Labute approximate surface area is 227 Å². The summed E-state index contributed by atoms with van der Waals surface area (Å²) >= 11 is 0. The smallest absolute Gasteiger partial charge is 0.247 e. The van der Waals surface area contributed by atoms with Crippen molar-refractivity contribution in [2.75, 3.05) is 61.6 Å². The first kappa shape index (κ1) is 27.8. The van der Waals surface area contributed by atoms with Crippen LogP contribution in [0.4, 0.5) is 33.1 Å². The number of benzene rings is 2. The highest BCUT2D eigenvalue weighted by Crippen LogP contribution is 2.39. The highest BCUT2D eigenvalue weighted by molar-refractivity contribution is 6.02. The maximum atomic E-state index is 14.9. The van der Waals surface area contributed by atoms with Crippen LogP contribution in [0.5, 0.6) is 5.75 Å². The van der Waals surface area contributed by atoms with Crippen LogP contribution in [0.15, 0.2) is 55.4 Å². The number of rotatable bonds is 11. The molecule has 0 bridgehead atoms. The zero-order chi connectivity index (χ0) is 27.9. The van der Waals surface area contributed by atoms with Gasteiger partial charge in [-0.2, -0.15) is 0 Å². The van der Waals surface area contributed by atoms with E-state index in [0.29, 0.717) is 66.1 Å². The molecule has 10 nitrogen and oxygen atoms in total. The molecule has 4 rings (SSSR count). The molecule has 1 aliphatic rings. The summed E-state index contributed by atoms with van der Waals surface area (Å²) in [6.45, 7) is 6.82. The Morgan fingerprint density at radius 1 is 1.28 bits per heavy atom. The van der Waals surface area contributed by atoms with E-state index in [4.69, 9.17) is 14.3 Å². The molecule has 206 valence electrons. The van der Waals surface area contributed by atoms with Gasteiger partial charge >= 0.3 is 0 Å². The molecular weight excluding hydrogens is 503 g/mol. The number of hydrogen-bond acceptors (Lipinski definition) is 9. The van der Waals surface area contributed by atoms with E-state index in [2.05, 4.69) is 27.2 Å². The van der Waals surface area contributed by atoms with Gasteiger partial charge in [-0.05, 0) is 24.6 Å². The highest BCUT2D eigenvalue weighted by atomic mass is 19.1. The molecule has 2 N–H and O–H groups in total. The van der Waals surface area contributed by atoms with Gasteiger partial charge in [0.2, 0.25) is 5.91 Å². The molecule has 0 saturated carbocycles. The lowest BCUT2D eigenvalue weighted by Crippen LogP contribution is -2.24. The van der Waals surface area contributed by atoms with E-state index in [-0.39, 0.29) is 17.8 Å². The molecule has 0 spiro atoms. The molecule has 2 heterocycles. The molecule has 1 saturated heterocycles. The molecule has 1 aliphatic heterocycles. The van der Waals surface area contributed by atoms with Gasteiger partial charge in [-0.15, -0.1) is 0 Å². The molecule has 1 fully saturated rings. The standard InChI is InChI=1S/C28H33FN6O4/c1-6-27(36)33-20-14-21(24(38-5)15-23(20)34(3)11-13-37-4)32-25-16-26(31-17-30-25)35-22(10-12-39-35)19-9-7-8-18(2)28(19)29/h6-9,14-17,22H,1,10-13H2,2-5H3,(H,33,36)(H,30,31,32)/t22-/m1/s1. The lowest BCUT2D eigenvalue weighted by molar-refractivity contribution is -0.111. The van der Waals surface area contributed by atoms with Gasteiger partial charge in [-0.25, -0.2) is 19.4 Å². The van der Waals surface area contributed by atoms with Gasteiger partial charge in [-0.1, -0.05) is 24.8 Å². The second kappa shape index (κ2) is 12.5. The number of amides is 1. The van der Waals surface area contributed by atoms with Crippen molar-refractivity contribution in [3.8, 4) is 5.75 Å². The van der Waals surface area contributed by atoms with Crippen LogP contribution in [-0.4, -0.2) is 56.9 Å². The number of nitrogens with zero attached hydrogens (tertiary/aromatic N) is 4. The van der Waals surface area contributed by atoms with Crippen LogP contribution in [0, 0.1) is 12.7 Å². The normalized spacial score (nSPS) is 14.7. The van der Waals surface area contributed by atoms with Crippen molar-refractivity contribution in [1.29, 1.82) is 0 Å². The lowest BCUT2D eigenvalue weighted by Gasteiger charge is -2.25. The molecule has 1 atom stereocenters. The van der Waals surface area contributed by atoms with Crippen LogP contribution in [0.2, 0.25) is 0 Å². The first-order valence-electron chi connectivity index (χ1n) is 12.5. The van der Waals surface area contributed by atoms with Crippen LogP contribution in [0.25, 0.3) is 0 Å². The minimum Gasteiger partial charge on any atom is -0.494 e. The van der Waals surface area contributed by atoms with Crippen molar-refractivity contribution >= 4 is 34.6 Å². The monoisotopic (exact) mass is 536 g/mol. The van der Waals surface area contributed by atoms with Gasteiger partial charge in [-0.3, -0.25) is 9.63 Å². The zero-order valence-corrected chi connectivity index (χ0v) is 22.5. The van der Waals surface area contributed by atoms with Crippen molar-refractivity contribution in [3.63, 3.8) is 0 Å². The fourth-order valence-electron chi connectivity index (χ4n) is 4.36. The van der Waals surface area contributed by atoms with E-state index in [0.717, 1.165) is 5.69 Å². The molecule has 39 heavy (non-hydrogen) atoms. The van der Waals surface area contributed by atoms with E-state index in [1.807, 2.05) is 24.1 Å². The number of hydrogen-bond donors (Lipinski definition) is 2. The summed E-state index contributed by atoms with van der Waals surface area (Å²) in [5.74, 6) is 0.866. The minimum absolute atomic E-state index is 0.250. The van der Waals surface area contributed by atoms with Crippen LogP contribution < -0.4 is 25.3 Å². The molecule has 0 radical (unpaired) electrons. The number of anilines is 5. The number of likely N-dealkylation sites (N-methyl/N-ethyl adjacent to an activating group) is 1. The summed E-state index contributed by atoms with van der Waals surface area (Å²) in [4.78, 5) is 28.7. The third kappa shape index (κ3) is 6.27. The number of carbonyl (C=O) groups excluding carboxylic acids is 1. The number of aromatic nitrogens is 2. The van der Waals surface area contributed by atoms with Crippen LogP contribution in [-0.2, 0) is 14.4 Å². The molecule has 1 amide bonds. The third-order valence-electron chi connectivity index (χ3n) is 6.43. The van der Waals surface area contributed by atoms with E-state index >= 15 is 0 Å². The minimum atomic E-state index is -0.350. The van der Waals surface area contributed by atoms with Gasteiger partial charge in [0.05, 0.1) is 43.4 Å². The summed E-state index contributed by atoms with van der Waals surface area (Å²) in [6.07, 6.45) is 3.23. The van der Waals surface area contributed by atoms with Gasteiger partial charge in [0.1, 0.15) is 23.7 Å². The molecule has 0 aliphatic carbocycles. The Balaban J connectivity index is 1.65. The Kier molecular flexibility index (Phi) is 8.95. The SMILES string of the molecule is C=CC(=O)Nc1cc(Nc2cc(N3OCC[C@@H]3c3cccc(C)c3F)ncn2)c(OC)cc1N(C)CCOC. The van der Waals surface area contributed by atoms with E-state index in [1.54, 1.807) is 50.5 Å². The Bertz CT molecular complexity index is 1340. The molecule has 3 aromatic rings. The van der Waals surface area contributed by atoms with Crippen LogP contribution in [0.3, 0.4) is 0 Å². The Hall–Kier alpha value is -4.22. The fourth-order valence-corrected chi connectivity index (χ4v) is 4.36. The first-order valence-corrected chi connectivity index (χ1v) is 12.5. The van der Waals surface area contributed by atoms with Gasteiger partial charge in [0.25, 0.3) is 0 Å². The summed E-state index contributed by atoms with van der Waals surface area (Å²) in [6, 6.07) is 10.3. The summed E-state index contributed by atoms with van der Waals surface area (Å²) < 4.78 is 25.8. The number of carbonyl (C=O) groups is 1. The van der Waals surface area contributed by atoms with E-state index in [9.17, 15) is 9.18 Å². The maximum absolute atomic E-state index is 14.9. The Morgan fingerprint density at radius 3 is 2.85 bits per heavy atom. The van der Waals surface area contributed by atoms with Crippen molar-refractivity contribution in [3.05, 3.63) is 72.3 Å². The molecule has 11 heteroatoms. The van der Waals surface area contributed by atoms with Crippen molar-refractivity contribution in [2.45, 2.75) is 19.4 Å². The second-order valence-corrected chi connectivity index (χ2v) is 9.01. The third-order valence-corrected chi connectivity index (χ3v) is 6.43. The summed E-state index contributed by atoms with van der Waals surface area (Å²) in [5, 5.41) is 7.72. The van der Waals surface area contributed by atoms with Crippen LogP contribution >= 0.6 is 0 Å². The molecule has 2 aromatic carbocycles. The van der Waals surface area contributed by atoms with Crippen LogP contribution in [0.1, 0.15) is 23.6 Å². The van der Waals surface area contributed by atoms with Crippen molar-refractivity contribution in [2.24, 2.45) is 0 Å². The highest BCUT2D eigenvalue weighted by Gasteiger charge is 2.31. The van der Waals surface area contributed by atoms with Crippen molar-refractivity contribution in [1.82, 2.24) is 9.97 Å². The van der Waals surface area contributed by atoms with Gasteiger partial charge < -0.3 is 25.0 Å². The summed E-state index contributed by atoms with van der Waals surface area (Å²) in [5.41, 5.74) is 2.98. The zero-order valence-electron chi connectivity index (χ0n) is 22.5. The quantitative estimate of drug-likeness (QED) is 0.336. The van der Waals surface area contributed by atoms with Gasteiger partial charge in [0.15, 0.2) is 5.82 Å². The number of aryl methyl sites for hydroxylation is 1. The molecule has 1 aromatic heterocycles. The largest absolute Gasteiger partial charge is 0.494 e. The lowest BCUT2D eigenvalue weighted by atomic mass is 10.0. The Morgan fingerprint density at radius 2 is 2.10 bits per heavy atom. The fraction of sp³-hybridized carbons (Fsp3) is 0.321. The number of methoxy groups -OCH3 is 2. The van der Waals surface area contributed by atoms with Gasteiger partial charge in [0, 0.05) is 44.8 Å². The predicted molar refractivity (Wildman–Crippen MR) is 149 cm³/mol. The first-order chi connectivity index (χ1) is 18.9. The number of ether oxygens (including phenoxy) is 2. The number of hydroxylamine groups is 1. The average molecular weight is 537 g/mol. The topological polar surface area (TPSA) is 101 Å². The van der Waals surface area contributed by atoms with E-state index < -0.39 is 0 Å². The second-order valence-electron chi connectivity index (χ2n) is 9.01. The maximum Gasteiger partial charge on any atom is 0.247 e. The summed E-state index contributed by atoms with van der Waals surface area (Å²) in [7, 11) is 5.08. The molecular formula is C28H33FN6O4. The molecule has 0 unspecified atom stereocenters. The van der Waals surface area contributed by atoms with E-state index in [1.165, 1.54) is 12.4 Å². The average Bonchev–Trinajstić information content (AvgIpc) is 3.43. The number of halogens is 1. The van der Waals surface area contributed by atoms with Crippen molar-refractivity contribution < 1.29 is 23.5 Å². The number of nitrogens with one attached hydrogen (secondary N) is 2. The predicted octanol–water partition coefficient (Wildman–Crippen LogP) is 4.77.